The molecule has 2 N–H and O–H groups in total. The zero-order chi connectivity index (χ0) is 20.3. The molecule has 5 unspecified atom stereocenters. The standard InChI is InChI=1S/C21H35N5O2/c1-5-25(6-2)14(3)13-24-21(22-4)23-10-7-11-26-19(27)17-15-8-9-16(12-15)18(17)20(26)28/h8-9,14-18H,5-7,10-13H2,1-4H3,(H2,22,23,24). The van der Waals surface area contributed by atoms with E-state index >= 15 is 0 Å². The molecular weight excluding hydrogens is 354 g/mol. The lowest BCUT2D eigenvalue weighted by Gasteiger charge is -2.27. The van der Waals surface area contributed by atoms with Crippen molar-refractivity contribution in [3.63, 3.8) is 0 Å². The normalized spacial score (nSPS) is 29.8. The van der Waals surface area contributed by atoms with Crippen molar-refractivity contribution < 1.29 is 9.59 Å². The van der Waals surface area contributed by atoms with E-state index in [0.29, 0.717) is 19.1 Å². The van der Waals surface area contributed by atoms with Crippen molar-refractivity contribution in [3.8, 4) is 0 Å². The number of aliphatic imine (C=N–C) groups is 1. The number of likely N-dealkylation sites (tertiary alicyclic amines) is 1. The largest absolute Gasteiger partial charge is 0.356 e. The highest BCUT2D eigenvalue weighted by atomic mass is 16.2. The smallest absolute Gasteiger partial charge is 0.233 e. The minimum atomic E-state index is -0.0912. The summed E-state index contributed by atoms with van der Waals surface area (Å²) in [4.78, 5) is 33.5. The van der Waals surface area contributed by atoms with E-state index < -0.39 is 0 Å². The SMILES string of the molecule is CCN(CC)C(C)CNC(=NC)NCCCN1C(=O)C2C3C=CC(C3)C2C1=O. The van der Waals surface area contributed by atoms with Crippen LogP contribution >= 0.6 is 0 Å². The van der Waals surface area contributed by atoms with Crippen LogP contribution in [-0.2, 0) is 9.59 Å². The molecular formula is C21H35N5O2. The number of fused-ring (bicyclic) bond motifs is 5. The molecule has 5 atom stereocenters. The summed E-state index contributed by atoms with van der Waals surface area (Å²) < 4.78 is 0. The summed E-state index contributed by atoms with van der Waals surface area (Å²) in [6.45, 7) is 10.6. The highest BCUT2D eigenvalue weighted by molar-refractivity contribution is 6.06. The summed E-state index contributed by atoms with van der Waals surface area (Å²) in [7, 11) is 1.76. The van der Waals surface area contributed by atoms with Crippen molar-refractivity contribution in [1.82, 2.24) is 20.4 Å². The van der Waals surface area contributed by atoms with Gasteiger partial charge in [-0.3, -0.25) is 24.4 Å². The summed E-state index contributed by atoms with van der Waals surface area (Å²) in [5, 5.41) is 6.65. The minimum absolute atomic E-state index is 0.0439. The van der Waals surface area contributed by atoms with E-state index in [-0.39, 0.29) is 35.5 Å². The summed E-state index contributed by atoms with van der Waals surface area (Å²) in [6.07, 6.45) is 5.98. The van der Waals surface area contributed by atoms with Crippen LogP contribution in [0.25, 0.3) is 0 Å². The van der Waals surface area contributed by atoms with Crippen molar-refractivity contribution in [2.75, 3.05) is 39.8 Å². The molecule has 156 valence electrons. The zero-order valence-corrected chi connectivity index (χ0v) is 17.6. The number of carbonyl (C=O) groups is 2. The molecule has 0 aromatic rings. The third kappa shape index (κ3) is 3.95. The monoisotopic (exact) mass is 389 g/mol. The molecule has 1 saturated carbocycles. The van der Waals surface area contributed by atoms with Gasteiger partial charge in [0.15, 0.2) is 5.96 Å². The quantitative estimate of drug-likeness (QED) is 0.203. The van der Waals surface area contributed by atoms with Crippen LogP contribution in [0.15, 0.2) is 17.1 Å². The predicted molar refractivity (Wildman–Crippen MR) is 111 cm³/mol. The average Bonchev–Trinajstić information content (AvgIpc) is 3.37. The number of hydrogen-bond acceptors (Lipinski definition) is 4. The molecule has 1 saturated heterocycles. The molecule has 2 amide bonds. The Hall–Kier alpha value is -1.89. The Balaban J connectivity index is 1.39. The Kier molecular flexibility index (Phi) is 6.75. The van der Waals surface area contributed by atoms with Crippen molar-refractivity contribution in [2.45, 2.75) is 39.7 Å². The Bertz CT molecular complexity index is 613. The predicted octanol–water partition coefficient (Wildman–Crippen LogP) is 1.08. The molecule has 1 aliphatic heterocycles. The first kappa shape index (κ1) is 20.8. The van der Waals surface area contributed by atoms with Crippen LogP contribution in [-0.4, -0.2) is 73.4 Å². The first-order chi connectivity index (χ1) is 13.5. The number of guanidine groups is 1. The fourth-order valence-corrected chi connectivity index (χ4v) is 5.07. The Labute approximate surface area is 168 Å². The van der Waals surface area contributed by atoms with E-state index in [4.69, 9.17) is 0 Å². The molecule has 0 radical (unpaired) electrons. The average molecular weight is 390 g/mol. The first-order valence-corrected chi connectivity index (χ1v) is 10.7. The van der Waals surface area contributed by atoms with Crippen molar-refractivity contribution >= 4 is 17.8 Å². The van der Waals surface area contributed by atoms with Crippen LogP contribution in [0.3, 0.4) is 0 Å². The maximum atomic E-state index is 12.7. The third-order valence-corrected chi connectivity index (χ3v) is 6.64. The molecule has 0 spiro atoms. The maximum Gasteiger partial charge on any atom is 0.233 e. The minimum Gasteiger partial charge on any atom is -0.356 e. The van der Waals surface area contributed by atoms with Gasteiger partial charge in [0.1, 0.15) is 0 Å². The second kappa shape index (κ2) is 9.07. The van der Waals surface area contributed by atoms with Crippen LogP contribution in [0.5, 0.6) is 0 Å². The van der Waals surface area contributed by atoms with E-state index in [2.05, 4.69) is 53.4 Å². The second-order valence-electron chi connectivity index (χ2n) is 8.13. The summed E-state index contributed by atoms with van der Waals surface area (Å²) in [6, 6.07) is 0.428. The Morgan fingerprint density at radius 1 is 1.18 bits per heavy atom. The van der Waals surface area contributed by atoms with E-state index in [0.717, 1.165) is 38.4 Å². The summed E-state index contributed by atoms with van der Waals surface area (Å²) in [5.74, 6) is 1.23. The summed E-state index contributed by atoms with van der Waals surface area (Å²) in [5.41, 5.74) is 0. The summed E-state index contributed by atoms with van der Waals surface area (Å²) >= 11 is 0. The molecule has 0 aromatic carbocycles. The number of likely N-dealkylation sites (N-methyl/N-ethyl adjacent to an activating group) is 1. The van der Waals surface area contributed by atoms with E-state index in [1.807, 2.05) is 0 Å². The van der Waals surface area contributed by atoms with E-state index in [1.54, 1.807) is 7.05 Å². The van der Waals surface area contributed by atoms with Gasteiger partial charge in [0.25, 0.3) is 0 Å². The molecule has 2 aliphatic carbocycles. The van der Waals surface area contributed by atoms with Crippen LogP contribution in [0.4, 0.5) is 0 Å². The third-order valence-electron chi connectivity index (χ3n) is 6.64. The van der Waals surface area contributed by atoms with Gasteiger partial charge in [-0.05, 0) is 44.7 Å². The number of allylic oxidation sites excluding steroid dienone is 2. The number of hydrogen-bond donors (Lipinski definition) is 2. The second-order valence-corrected chi connectivity index (χ2v) is 8.13. The molecule has 7 heteroatoms. The van der Waals surface area contributed by atoms with Crippen molar-refractivity contribution in [3.05, 3.63) is 12.2 Å². The maximum absolute atomic E-state index is 12.7. The molecule has 7 nitrogen and oxygen atoms in total. The zero-order valence-electron chi connectivity index (χ0n) is 17.6. The van der Waals surface area contributed by atoms with Gasteiger partial charge in [0, 0.05) is 32.7 Å². The van der Waals surface area contributed by atoms with Gasteiger partial charge in [-0.25, -0.2) is 0 Å². The lowest BCUT2D eigenvalue weighted by atomic mass is 9.85. The Morgan fingerprint density at radius 2 is 1.79 bits per heavy atom. The number of carbonyl (C=O) groups excluding carboxylic acids is 2. The fraction of sp³-hybridized carbons (Fsp3) is 0.762. The van der Waals surface area contributed by atoms with Gasteiger partial charge in [0.05, 0.1) is 11.8 Å². The van der Waals surface area contributed by atoms with Crippen LogP contribution in [0.1, 0.15) is 33.6 Å². The topological polar surface area (TPSA) is 77.0 Å². The van der Waals surface area contributed by atoms with Gasteiger partial charge < -0.3 is 10.6 Å². The number of rotatable bonds is 9. The van der Waals surface area contributed by atoms with Crippen LogP contribution in [0, 0.1) is 23.7 Å². The highest BCUT2D eigenvalue weighted by Crippen LogP contribution is 2.52. The number of nitrogens with one attached hydrogen (secondary N) is 2. The first-order valence-electron chi connectivity index (χ1n) is 10.7. The molecule has 2 fully saturated rings. The molecule has 3 aliphatic rings. The number of nitrogens with zero attached hydrogens (tertiary/aromatic N) is 3. The van der Waals surface area contributed by atoms with Gasteiger partial charge in [-0.2, -0.15) is 0 Å². The van der Waals surface area contributed by atoms with Gasteiger partial charge in [-0.15, -0.1) is 0 Å². The Morgan fingerprint density at radius 3 is 2.32 bits per heavy atom. The van der Waals surface area contributed by atoms with Crippen LogP contribution in [0.2, 0.25) is 0 Å². The van der Waals surface area contributed by atoms with Gasteiger partial charge in [-0.1, -0.05) is 26.0 Å². The highest BCUT2D eigenvalue weighted by Gasteiger charge is 2.58. The van der Waals surface area contributed by atoms with Gasteiger partial charge in [0.2, 0.25) is 11.8 Å². The molecule has 3 rings (SSSR count). The lowest BCUT2D eigenvalue weighted by Crippen LogP contribution is -2.46. The molecule has 28 heavy (non-hydrogen) atoms. The molecule has 2 bridgehead atoms. The van der Waals surface area contributed by atoms with E-state index in [1.165, 1.54) is 4.90 Å². The number of amides is 2. The van der Waals surface area contributed by atoms with Gasteiger partial charge >= 0.3 is 0 Å². The lowest BCUT2D eigenvalue weighted by molar-refractivity contribution is -0.140. The fourth-order valence-electron chi connectivity index (χ4n) is 5.07. The van der Waals surface area contributed by atoms with E-state index in [9.17, 15) is 9.59 Å². The molecule has 0 aromatic heterocycles. The number of imide groups is 1. The molecule has 1 heterocycles. The van der Waals surface area contributed by atoms with Crippen molar-refractivity contribution in [2.24, 2.45) is 28.7 Å². The van der Waals surface area contributed by atoms with Crippen LogP contribution < -0.4 is 10.6 Å². The van der Waals surface area contributed by atoms with Crippen molar-refractivity contribution in [1.29, 1.82) is 0 Å².